The second-order valence-electron chi connectivity index (χ2n) is 12.6. The quantitative estimate of drug-likeness (QED) is 0.0931. The summed E-state index contributed by atoms with van der Waals surface area (Å²) in [7, 11) is 3.50. The fourth-order valence-electron chi connectivity index (χ4n) is 5.63. The van der Waals surface area contributed by atoms with E-state index in [1.54, 1.807) is 91.0 Å². The minimum absolute atomic E-state index is 0.0500. The monoisotopic (exact) mass is 783 g/mol. The summed E-state index contributed by atoms with van der Waals surface area (Å²) in [5.41, 5.74) is 3.55. The van der Waals surface area contributed by atoms with Crippen molar-refractivity contribution in [1.82, 2.24) is 16.0 Å². The fourth-order valence-corrected chi connectivity index (χ4v) is 5.63. The van der Waals surface area contributed by atoms with Crippen LogP contribution in [-0.2, 0) is 81.9 Å². The summed E-state index contributed by atoms with van der Waals surface area (Å²) in [6.45, 7) is -0.150. The lowest BCUT2D eigenvalue weighted by Crippen LogP contribution is -2.44. The van der Waals surface area contributed by atoms with Crippen molar-refractivity contribution < 1.29 is 57.2 Å². The number of benzene rings is 4. The van der Waals surface area contributed by atoms with E-state index in [2.05, 4.69) is 16.0 Å². The van der Waals surface area contributed by atoms with Gasteiger partial charge in [0.2, 0.25) is 0 Å². The SMILES string of the molecule is COC(=O)[C@H](Cc1cc(C[C@H](NC(=O)OCc2ccccc2)C(=O)OC)cc(C[C@H](NC(=O)OCc2ccccc2)C(=O)OC)c1)NC(=O)OCc1ccccc1. The summed E-state index contributed by atoms with van der Waals surface area (Å²) in [6, 6.07) is 28.1. The van der Waals surface area contributed by atoms with Gasteiger partial charge in [-0.2, -0.15) is 0 Å². The van der Waals surface area contributed by atoms with Gasteiger partial charge in [-0.25, -0.2) is 28.8 Å². The fraction of sp³-hybridized carbons (Fsp3) is 0.286. The van der Waals surface area contributed by atoms with Crippen LogP contribution in [0.1, 0.15) is 33.4 Å². The molecule has 0 bridgehead atoms. The molecule has 15 nitrogen and oxygen atoms in total. The lowest BCUT2D eigenvalue weighted by Gasteiger charge is -2.21. The van der Waals surface area contributed by atoms with Crippen LogP contribution in [0.15, 0.2) is 109 Å². The predicted molar refractivity (Wildman–Crippen MR) is 204 cm³/mol. The molecule has 0 aliphatic heterocycles. The van der Waals surface area contributed by atoms with E-state index in [1.807, 2.05) is 18.2 Å². The minimum atomic E-state index is -1.23. The molecule has 300 valence electrons. The topological polar surface area (TPSA) is 194 Å². The van der Waals surface area contributed by atoms with Crippen LogP contribution in [-0.4, -0.2) is 75.6 Å². The third kappa shape index (κ3) is 14.7. The first-order valence-electron chi connectivity index (χ1n) is 17.8. The molecule has 0 aliphatic carbocycles. The molecule has 0 aromatic heterocycles. The van der Waals surface area contributed by atoms with Gasteiger partial charge in [0.05, 0.1) is 21.3 Å². The molecule has 3 amide bonds. The van der Waals surface area contributed by atoms with Crippen LogP contribution >= 0.6 is 0 Å². The second-order valence-corrected chi connectivity index (χ2v) is 12.6. The summed E-state index contributed by atoms with van der Waals surface area (Å²) in [6.07, 6.45) is -3.01. The minimum Gasteiger partial charge on any atom is -0.467 e. The number of methoxy groups -OCH3 is 3. The van der Waals surface area contributed by atoms with Crippen molar-refractivity contribution in [3.05, 3.63) is 143 Å². The summed E-state index contributed by atoms with van der Waals surface area (Å²) in [5, 5.41) is 7.61. The third-order valence-corrected chi connectivity index (χ3v) is 8.40. The Labute approximate surface area is 329 Å². The van der Waals surface area contributed by atoms with Gasteiger partial charge in [0, 0.05) is 19.3 Å². The van der Waals surface area contributed by atoms with Crippen molar-refractivity contribution in [2.75, 3.05) is 21.3 Å². The van der Waals surface area contributed by atoms with Crippen LogP contribution in [0.5, 0.6) is 0 Å². The molecule has 0 unspecified atom stereocenters. The van der Waals surface area contributed by atoms with E-state index in [0.717, 1.165) is 16.7 Å². The Hall–Kier alpha value is -6.90. The van der Waals surface area contributed by atoms with Gasteiger partial charge in [0.15, 0.2) is 0 Å². The Morgan fingerprint density at radius 2 is 0.649 bits per heavy atom. The van der Waals surface area contributed by atoms with Gasteiger partial charge in [-0.3, -0.25) is 0 Å². The van der Waals surface area contributed by atoms with Crippen molar-refractivity contribution in [2.24, 2.45) is 0 Å². The molecule has 4 aromatic rings. The van der Waals surface area contributed by atoms with Crippen molar-refractivity contribution in [1.29, 1.82) is 0 Å². The van der Waals surface area contributed by atoms with Gasteiger partial charge in [-0.05, 0) is 33.4 Å². The number of hydrogen-bond acceptors (Lipinski definition) is 12. The molecule has 0 spiro atoms. The zero-order chi connectivity index (χ0) is 41.0. The Morgan fingerprint density at radius 1 is 0.404 bits per heavy atom. The number of esters is 3. The maximum absolute atomic E-state index is 12.9. The summed E-state index contributed by atoms with van der Waals surface area (Å²) in [5.74, 6) is -2.32. The molecule has 4 aromatic carbocycles. The maximum Gasteiger partial charge on any atom is 0.408 e. The van der Waals surface area contributed by atoms with E-state index < -0.39 is 54.3 Å². The molecule has 0 aliphatic rings. The number of ether oxygens (including phenoxy) is 6. The summed E-state index contributed by atoms with van der Waals surface area (Å²) >= 11 is 0. The predicted octanol–water partition coefficient (Wildman–Crippen LogP) is 4.72. The standard InChI is InChI=1S/C42H45N3O12/c1-52-37(46)34(43-40(49)55-25-28-13-7-4-8-14-28)22-31-19-32(23-35(38(47)53-2)44-41(50)56-26-29-15-9-5-10-16-29)21-33(20-31)24-36(39(48)54-3)45-42(51)57-27-30-17-11-6-12-18-30/h4-21,34-36H,22-27H2,1-3H3,(H,43,49)(H,44,50)(H,45,51)/t34-,35-,36-/m0/s1. The van der Waals surface area contributed by atoms with E-state index in [9.17, 15) is 28.8 Å². The number of carbonyl (C=O) groups is 6. The molecule has 3 atom stereocenters. The number of rotatable bonds is 18. The third-order valence-electron chi connectivity index (χ3n) is 8.40. The summed E-state index contributed by atoms with van der Waals surface area (Å²) in [4.78, 5) is 77.3. The second kappa shape index (κ2) is 22.5. The number of carbonyl (C=O) groups excluding carboxylic acids is 6. The van der Waals surface area contributed by atoms with Gasteiger partial charge in [-0.15, -0.1) is 0 Å². The highest BCUT2D eigenvalue weighted by Gasteiger charge is 2.28. The molecule has 0 heterocycles. The van der Waals surface area contributed by atoms with Crippen molar-refractivity contribution in [3.8, 4) is 0 Å². The van der Waals surface area contributed by atoms with E-state index >= 15 is 0 Å². The molecule has 0 saturated heterocycles. The van der Waals surface area contributed by atoms with Crippen LogP contribution in [0.25, 0.3) is 0 Å². The Bertz CT molecular complexity index is 1710. The van der Waals surface area contributed by atoms with Gasteiger partial charge in [0.25, 0.3) is 0 Å². The molecule has 57 heavy (non-hydrogen) atoms. The van der Waals surface area contributed by atoms with Crippen molar-refractivity contribution in [3.63, 3.8) is 0 Å². The van der Waals surface area contributed by atoms with E-state index in [4.69, 9.17) is 28.4 Å². The smallest absolute Gasteiger partial charge is 0.408 e. The highest BCUT2D eigenvalue weighted by molar-refractivity contribution is 5.83. The van der Waals surface area contributed by atoms with Crippen molar-refractivity contribution >= 4 is 36.2 Å². The Kier molecular flexibility index (Phi) is 16.9. The lowest BCUT2D eigenvalue weighted by atomic mass is 9.94. The molecule has 3 N–H and O–H groups in total. The average molecular weight is 784 g/mol. The first-order chi connectivity index (χ1) is 27.6. The first kappa shape index (κ1) is 42.8. The Morgan fingerprint density at radius 3 is 0.877 bits per heavy atom. The maximum atomic E-state index is 12.9. The van der Waals surface area contributed by atoms with Crippen LogP contribution in [0.3, 0.4) is 0 Å². The van der Waals surface area contributed by atoms with Crippen LogP contribution in [0.4, 0.5) is 14.4 Å². The van der Waals surface area contributed by atoms with E-state index in [0.29, 0.717) is 16.7 Å². The summed E-state index contributed by atoms with van der Waals surface area (Å²) < 4.78 is 30.9. The van der Waals surface area contributed by atoms with E-state index in [-0.39, 0.29) is 39.1 Å². The lowest BCUT2D eigenvalue weighted by molar-refractivity contribution is -0.143. The largest absolute Gasteiger partial charge is 0.467 e. The molecular formula is C42H45N3O12. The van der Waals surface area contributed by atoms with Crippen LogP contribution in [0.2, 0.25) is 0 Å². The zero-order valence-electron chi connectivity index (χ0n) is 31.8. The number of nitrogens with one attached hydrogen (secondary N) is 3. The molecule has 0 saturated carbocycles. The molecule has 15 heteroatoms. The molecule has 0 radical (unpaired) electrons. The highest BCUT2D eigenvalue weighted by Crippen LogP contribution is 2.18. The molecular weight excluding hydrogens is 738 g/mol. The van der Waals surface area contributed by atoms with Gasteiger partial charge >= 0.3 is 36.2 Å². The van der Waals surface area contributed by atoms with E-state index in [1.165, 1.54) is 21.3 Å². The van der Waals surface area contributed by atoms with Crippen LogP contribution in [0, 0.1) is 0 Å². The van der Waals surface area contributed by atoms with Gasteiger partial charge < -0.3 is 44.4 Å². The Balaban J connectivity index is 1.59. The number of alkyl carbamates (subject to hydrolysis) is 3. The van der Waals surface area contributed by atoms with Crippen molar-refractivity contribution in [2.45, 2.75) is 57.2 Å². The zero-order valence-corrected chi connectivity index (χ0v) is 31.8. The molecule has 4 rings (SSSR count). The van der Waals surface area contributed by atoms with Gasteiger partial charge in [0.1, 0.15) is 37.9 Å². The highest BCUT2D eigenvalue weighted by atomic mass is 16.6. The molecule has 0 fully saturated rings. The average Bonchev–Trinajstić information content (AvgIpc) is 3.23. The first-order valence-corrected chi connectivity index (χ1v) is 17.8. The number of amides is 3. The number of hydrogen-bond donors (Lipinski definition) is 3. The normalized spacial score (nSPS) is 12.1. The van der Waals surface area contributed by atoms with Gasteiger partial charge in [-0.1, -0.05) is 109 Å². The van der Waals surface area contributed by atoms with Crippen LogP contribution < -0.4 is 16.0 Å².